The van der Waals surface area contributed by atoms with Crippen molar-refractivity contribution < 1.29 is 14.6 Å². The lowest BCUT2D eigenvalue weighted by atomic mass is 9.87. The number of benzene rings is 1. The molecule has 0 aliphatic rings. The summed E-state index contributed by atoms with van der Waals surface area (Å²) in [5.41, 5.74) is 0.393. The predicted molar refractivity (Wildman–Crippen MR) is 66.3 cm³/mol. The molecule has 94 valence electrons. The Morgan fingerprint density at radius 2 is 2.12 bits per heavy atom. The number of carboxylic acids is 1. The molecule has 1 aromatic rings. The average molecular weight is 237 g/mol. The van der Waals surface area contributed by atoms with Gasteiger partial charge in [0.2, 0.25) is 0 Å². The smallest absolute Gasteiger partial charge is 0.305 e. The Morgan fingerprint density at radius 3 is 2.59 bits per heavy atom. The van der Waals surface area contributed by atoms with Crippen molar-refractivity contribution in [3.63, 3.8) is 0 Å². The number of hydrogen-bond acceptors (Lipinski definition) is 3. The number of rotatable bonds is 5. The Labute approximate surface area is 102 Å². The molecule has 4 nitrogen and oxygen atoms in total. The van der Waals surface area contributed by atoms with Crippen LogP contribution < -0.4 is 4.74 Å². The molecule has 17 heavy (non-hydrogen) atoms. The van der Waals surface area contributed by atoms with Crippen LogP contribution in [0.1, 0.15) is 18.9 Å². The van der Waals surface area contributed by atoms with Gasteiger partial charge in [0.15, 0.2) is 0 Å². The van der Waals surface area contributed by atoms with Gasteiger partial charge >= 0.3 is 5.97 Å². The highest BCUT2D eigenvalue weighted by Crippen LogP contribution is 2.31. The second-order valence-electron chi connectivity index (χ2n) is 4.47. The van der Waals surface area contributed by atoms with Crippen molar-refractivity contribution in [2.24, 2.45) is 0 Å². The van der Waals surface area contributed by atoms with Crippen molar-refractivity contribution in [2.45, 2.75) is 18.9 Å². The first kappa shape index (κ1) is 13.5. The lowest BCUT2D eigenvalue weighted by molar-refractivity contribution is -0.140. The Balaban J connectivity index is 3.17. The first-order valence-electron chi connectivity index (χ1n) is 5.44. The van der Waals surface area contributed by atoms with Crippen molar-refractivity contribution in [3.8, 4) is 5.75 Å². The van der Waals surface area contributed by atoms with Crippen molar-refractivity contribution in [2.75, 3.05) is 21.2 Å². The zero-order valence-corrected chi connectivity index (χ0v) is 10.7. The van der Waals surface area contributed by atoms with Gasteiger partial charge < -0.3 is 9.84 Å². The van der Waals surface area contributed by atoms with Crippen LogP contribution in [0.15, 0.2) is 24.3 Å². The molecule has 1 aromatic carbocycles. The Hall–Kier alpha value is -1.55. The van der Waals surface area contributed by atoms with Gasteiger partial charge in [-0.15, -0.1) is 0 Å². The Bertz CT molecular complexity index is 403. The van der Waals surface area contributed by atoms with Crippen molar-refractivity contribution in [1.29, 1.82) is 0 Å². The number of methoxy groups -OCH3 is 1. The summed E-state index contributed by atoms with van der Waals surface area (Å²) in [4.78, 5) is 12.9. The molecule has 0 bridgehead atoms. The highest BCUT2D eigenvalue weighted by Gasteiger charge is 2.32. The van der Waals surface area contributed by atoms with Crippen LogP contribution in [-0.4, -0.2) is 37.2 Å². The van der Waals surface area contributed by atoms with Crippen molar-refractivity contribution >= 4 is 5.97 Å². The summed E-state index contributed by atoms with van der Waals surface area (Å²) in [7, 11) is 5.36. The summed E-state index contributed by atoms with van der Waals surface area (Å²) in [6, 6.07) is 7.52. The maximum Gasteiger partial charge on any atom is 0.305 e. The highest BCUT2D eigenvalue weighted by molar-refractivity contribution is 5.69. The summed E-state index contributed by atoms with van der Waals surface area (Å²) >= 11 is 0. The lowest BCUT2D eigenvalue weighted by Crippen LogP contribution is -2.40. The number of aliphatic carboxylic acids is 1. The SMILES string of the molecule is COc1cccc(C(C)(CC(=O)O)N(C)C)c1. The highest BCUT2D eigenvalue weighted by atomic mass is 16.5. The standard InChI is InChI=1S/C13H19NO3/c1-13(14(2)3,9-12(15)16)10-6-5-7-11(8-10)17-4/h5-8H,9H2,1-4H3,(H,15,16). The topological polar surface area (TPSA) is 49.8 Å². The van der Waals surface area contributed by atoms with Crippen LogP contribution in [-0.2, 0) is 10.3 Å². The second-order valence-corrected chi connectivity index (χ2v) is 4.47. The molecular formula is C13H19NO3. The fourth-order valence-electron chi connectivity index (χ4n) is 1.77. The van der Waals surface area contributed by atoms with Crippen LogP contribution in [0.2, 0.25) is 0 Å². The number of nitrogens with zero attached hydrogens (tertiary/aromatic N) is 1. The zero-order valence-electron chi connectivity index (χ0n) is 10.7. The third-order valence-corrected chi connectivity index (χ3v) is 3.17. The molecule has 0 fully saturated rings. The van der Waals surface area contributed by atoms with E-state index in [4.69, 9.17) is 9.84 Å². The van der Waals surface area contributed by atoms with Gasteiger partial charge in [0.05, 0.1) is 19.1 Å². The van der Waals surface area contributed by atoms with Gasteiger partial charge in [-0.1, -0.05) is 12.1 Å². The molecule has 0 saturated heterocycles. The molecule has 0 saturated carbocycles. The Morgan fingerprint density at radius 1 is 1.47 bits per heavy atom. The van der Waals surface area contributed by atoms with E-state index in [1.54, 1.807) is 7.11 Å². The third kappa shape index (κ3) is 2.97. The predicted octanol–water partition coefficient (Wildman–Crippen LogP) is 1.95. The minimum atomic E-state index is -0.816. The molecule has 0 amide bonds. The summed E-state index contributed by atoms with van der Waals surface area (Å²) in [6.07, 6.45) is 0.0488. The maximum absolute atomic E-state index is 11.0. The normalized spacial score (nSPS) is 14.4. The van der Waals surface area contributed by atoms with E-state index in [1.165, 1.54) is 0 Å². The molecule has 0 radical (unpaired) electrons. The lowest BCUT2D eigenvalue weighted by Gasteiger charge is -2.36. The molecule has 1 unspecified atom stereocenters. The van der Waals surface area contributed by atoms with Gasteiger partial charge in [-0.3, -0.25) is 9.69 Å². The number of carbonyl (C=O) groups is 1. The van der Waals surface area contributed by atoms with Gasteiger partial charge in [0.25, 0.3) is 0 Å². The van der Waals surface area contributed by atoms with Gasteiger partial charge in [0.1, 0.15) is 5.75 Å². The molecule has 0 aromatic heterocycles. The molecule has 1 N–H and O–H groups in total. The van der Waals surface area contributed by atoms with Crippen LogP contribution in [0.3, 0.4) is 0 Å². The van der Waals surface area contributed by atoms with E-state index in [0.29, 0.717) is 0 Å². The first-order chi connectivity index (χ1) is 7.90. The van der Waals surface area contributed by atoms with Gasteiger partial charge in [-0.05, 0) is 38.7 Å². The molecule has 4 heteroatoms. The minimum Gasteiger partial charge on any atom is -0.497 e. The van der Waals surface area contributed by atoms with Gasteiger partial charge in [0, 0.05) is 0 Å². The van der Waals surface area contributed by atoms with E-state index in [-0.39, 0.29) is 6.42 Å². The summed E-state index contributed by atoms with van der Waals surface area (Å²) in [5.74, 6) is -0.0787. The first-order valence-corrected chi connectivity index (χ1v) is 5.44. The number of hydrogen-bond donors (Lipinski definition) is 1. The van der Waals surface area contributed by atoms with Gasteiger partial charge in [-0.2, -0.15) is 0 Å². The summed E-state index contributed by atoms with van der Waals surface area (Å²) in [5, 5.41) is 9.03. The molecule has 0 aliphatic heterocycles. The van der Waals surface area contributed by atoms with E-state index in [0.717, 1.165) is 11.3 Å². The molecule has 0 spiro atoms. The average Bonchev–Trinajstić information content (AvgIpc) is 2.28. The quantitative estimate of drug-likeness (QED) is 0.850. The van der Waals surface area contributed by atoms with E-state index in [9.17, 15) is 4.79 Å². The largest absolute Gasteiger partial charge is 0.497 e. The third-order valence-electron chi connectivity index (χ3n) is 3.17. The molecular weight excluding hydrogens is 218 g/mol. The van der Waals surface area contributed by atoms with Crippen LogP contribution in [0.4, 0.5) is 0 Å². The molecule has 1 rings (SSSR count). The van der Waals surface area contributed by atoms with Crippen molar-refractivity contribution in [3.05, 3.63) is 29.8 Å². The van der Waals surface area contributed by atoms with E-state index in [2.05, 4.69) is 0 Å². The minimum absolute atomic E-state index is 0.0488. The number of carboxylic acid groups (broad SMARTS) is 1. The summed E-state index contributed by atoms with van der Waals surface area (Å²) in [6.45, 7) is 1.91. The maximum atomic E-state index is 11.0. The van der Waals surface area contributed by atoms with Crippen LogP contribution >= 0.6 is 0 Å². The second kappa shape index (κ2) is 5.19. The van der Waals surface area contributed by atoms with Crippen LogP contribution in [0, 0.1) is 0 Å². The van der Waals surface area contributed by atoms with Gasteiger partial charge in [-0.25, -0.2) is 0 Å². The zero-order chi connectivity index (χ0) is 13.1. The van der Waals surface area contributed by atoms with Crippen LogP contribution in [0.25, 0.3) is 0 Å². The monoisotopic (exact) mass is 237 g/mol. The van der Waals surface area contributed by atoms with Crippen LogP contribution in [0.5, 0.6) is 5.75 Å². The fraction of sp³-hybridized carbons (Fsp3) is 0.462. The van der Waals surface area contributed by atoms with E-state index in [1.807, 2.05) is 50.2 Å². The van der Waals surface area contributed by atoms with E-state index >= 15 is 0 Å². The summed E-state index contributed by atoms with van der Waals surface area (Å²) < 4.78 is 5.17. The molecule has 1 atom stereocenters. The van der Waals surface area contributed by atoms with E-state index < -0.39 is 11.5 Å². The molecule has 0 heterocycles. The fourth-order valence-corrected chi connectivity index (χ4v) is 1.77. The molecule has 0 aliphatic carbocycles. The van der Waals surface area contributed by atoms with Crippen molar-refractivity contribution in [1.82, 2.24) is 4.90 Å². The Kier molecular flexibility index (Phi) is 4.12. The number of ether oxygens (including phenoxy) is 1.